The van der Waals surface area contributed by atoms with Crippen LogP contribution in [0.4, 0.5) is 13.2 Å². The minimum Gasteiger partial charge on any atom is -0.342 e. The van der Waals surface area contributed by atoms with Crippen molar-refractivity contribution >= 4 is 15.7 Å². The van der Waals surface area contributed by atoms with Gasteiger partial charge < -0.3 is 4.90 Å². The molecule has 0 spiro atoms. The Bertz CT molecular complexity index is 1170. The van der Waals surface area contributed by atoms with Crippen LogP contribution in [0.3, 0.4) is 0 Å². The van der Waals surface area contributed by atoms with Crippen molar-refractivity contribution < 1.29 is 26.4 Å². The predicted molar refractivity (Wildman–Crippen MR) is 126 cm³/mol. The second kappa shape index (κ2) is 9.22. The smallest absolute Gasteiger partial charge is 0.342 e. The molecule has 5 nitrogen and oxygen atoms in total. The van der Waals surface area contributed by atoms with Gasteiger partial charge in [0.15, 0.2) is 9.84 Å². The molecule has 1 saturated heterocycles. The number of halogens is 3. The summed E-state index contributed by atoms with van der Waals surface area (Å²) >= 11 is 0. The molecule has 2 heterocycles. The number of nitrogens with zero attached hydrogens (tertiary/aromatic N) is 2. The summed E-state index contributed by atoms with van der Waals surface area (Å²) in [4.78, 5) is 19.4. The summed E-state index contributed by atoms with van der Waals surface area (Å²) in [5, 5.41) is 0. The molecule has 0 N–H and O–H groups in total. The fourth-order valence-corrected chi connectivity index (χ4v) is 7.52. The fraction of sp³-hybridized carbons (Fsp3) is 0.538. The molecule has 2 aliphatic rings. The van der Waals surface area contributed by atoms with Crippen LogP contribution in [0.1, 0.15) is 63.5 Å². The molecule has 0 atom stereocenters. The summed E-state index contributed by atoms with van der Waals surface area (Å²) in [5.41, 5.74) is -0.634. The Labute approximate surface area is 204 Å². The minimum atomic E-state index is -4.62. The molecule has 2 aromatic rings. The number of amides is 1. The highest BCUT2D eigenvalue weighted by molar-refractivity contribution is 7.92. The van der Waals surface area contributed by atoms with E-state index in [0.29, 0.717) is 32.0 Å². The van der Waals surface area contributed by atoms with Crippen LogP contribution in [-0.4, -0.2) is 42.0 Å². The third-order valence-electron chi connectivity index (χ3n) is 8.01. The first-order valence-corrected chi connectivity index (χ1v) is 13.5. The Hall–Kier alpha value is -2.42. The van der Waals surface area contributed by atoms with Crippen molar-refractivity contribution in [3.05, 3.63) is 59.9 Å². The van der Waals surface area contributed by atoms with Crippen LogP contribution in [0, 0.1) is 5.92 Å². The Morgan fingerprint density at radius 3 is 2.29 bits per heavy atom. The third kappa shape index (κ3) is 4.59. The molecule has 190 valence electrons. The first-order chi connectivity index (χ1) is 16.4. The zero-order chi connectivity index (χ0) is 25.5. The van der Waals surface area contributed by atoms with Crippen molar-refractivity contribution in [1.82, 2.24) is 9.88 Å². The van der Waals surface area contributed by atoms with Gasteiger partial charge in [-0.2, -0.15) is 13.2 Å². The topological polar surface area (TPSA) is 67.3 Å². The number of carbonyl (C=O) groups excluding carboxylic acids is 1. The molecule has 2 fully saturated rings. The molecule has 35 heavy (non-hydrogen) atoms. The number of carbonyl (C=O) groups is 1. The summed E-state index contributed by atoms with van der Waals surface area (Å²) in [7, 11) is -4.04. The van der Waals surface area contributed by atoms with Gasteiger partial charge in [0, 0.05) is 25.5 Å². The lowest BCUT2D eigenvalue weighted by Crippen LogP contribution is -2.52. The number of hydrogen-bond donors (Lipinski definition) is 0. The normalized spacial score (nSPS) is 19.6. The van der Waals surface area contributed by atoms with Crippen molar-refractivity contribution in [3.8, 4) is 0 Å². The molecule has 0 radical (unpaired) electrons. The second-order valence-corrected chi connectivity index (χ2v) is 12.8. The SMILES string of the molecule is CC(C)(C1CCN(C(=O)C2(c3cccnc3)CCCC2)CC1)S(=O)(=O)c1cccc(C(F)(F)F)c1. The predicted octanol–water partition coefficient (Wildman–Crippen LogP) is 5.40. The zero-order valence-electron chi connectivity index (χ0n) is 20.0. The van der Waals surface area contributed by atoms with Crippen LogP contribution < -0.4 is 0 Å². The van der Waals surface area contributed by atoms with E-state index in [1.165, 1.54) is 6.07 Å². The number of aromatic nitrogens is 1. The molecule has 1 aliphatic carbocycles. The van der Waals surface area contributed by atoms with E-state index in [1.54, 1.807) is 26.2 Å². The number of sulfone groups is 1. The highest BCUT2D eigenvalue weighted by atomic mass is 32.2. The highest BCUT2D eigenvalue weighted by Gasteiger charge is 2.48. The monoisotopic (exact) mass is 508 g/mol. The number of alkyl halides is 3. The molecular formula is C26H31F3N2O3S. The summed E-state index contributed by atoms with van der Waals surface area (Å²) in [6, 6.07) is 7.74. The maximum Gasteiger partial charge on any atom is 0.416 e. The molecule has 1 aromatic heterocycles. The Morgan fingerprint density at radius 2 is 1.71 bits per heavy atom. The van der Waals surface area contributed by atoms with Gasteiger partial charge in [-0.25, -0.2) is 8.42 Å². The van der Waals surface area contributed by atoms with E-state index < -0.39 is 31.7 Å². The summed E-state index contributed by atoms with van der Waals surface area (Å²) < 4.78 is 65.1. The van der Waals surface area contributed by atoms with Gasteiger partial charge in [0.05, 0.1) is 20.6 Å². The Balaban J connectivity index is 1.51. The van der Waals surface area contributed by atoms with Crippen molar-refractivity contribution in [3.63, 3.8) is 0 Å². The third-order valence-corrected chi connectivity index (χ3v) is 10.6. The van der Waals surface area contributed by atoms with Crippen molar-refractivity contribution in [2.24, 2.45) is 5.92 Å². The maximum atomic E-state index is 13.7. The van der Waals surface area contributed by atoms with Crippen LogP contribution in [0.15, 0.2) is 53.7 Å². The highest BCUT2D eigenvalue weighted by Crippen LogP contribution is 2.44. The minimum absolute atomic E-state index is 0.0694. The average molecular weight is 509 g/mol. The van der Waals surface area contributed by atoms with Crippen LogP contribution in [0.25, 0.3) is 0 Å². The summed E-state index contributed by atoms with van der Waals surface area (Å²) in [5.74, 6) is -0.219. The standard InChI is InChI=1S/C26H31F3N2O3S/c1-24(2,35(33,34)22-9-5-7-20(17-22)26(27,28)29)19-10-15-31(16-11-19)23(32)25(12-3-4-13-25)21-8-6-14-30-18-21/h5-9,14,17-19H,3-4,10-13,15-16H2,1-2H3. The van der Waals surface area contributed by atoms with Gasteiger partial charge in [-0.05, 0) is 75.3 Å². The van der Waals surface area contributed by atoms with E-state index in [1.807, 2.05) is 17.0 Å². The molecule has 1 aromatic carbocycles. The van der Waals surface area contributed by atoms with Gasteiger partial charge in [0.2, 0.25) is 5.91 Å². The first-order valence-electron chi connectivity index (χ1n) is 12.0. The van der Waals surface area contributed by atoms with E-state index in [0.717, 1.165) is 43.4 Å². The number of piperidine rings is 1. The van der Waals surface area contributed by atoms with E-state index in [4.69, 9.17) is 0 Å². The molecule has 4 rings (SSSR count). The van der Waals surface area contributed by atoms with E-state index in [-0.39, 0.29) is 16.7 Å². The van der Waals surface area contributed by atoms with Gasteiger partial charge in [0.1, 0.15) is 0 Å². The lowest BCUT2D eigenvalue weighted by molar-refractivity contribution is -0.139. The second-order valence-electron chi connectivity index (χ2n) is 10.2. The fourth-order valence-electron chi connectivity index (χ4n) is 5.69. The van der Waals surface area contributed by atoms with Crippen LogP contribution in [-0.2, 0) is 26.2 Å². The van der Waals surface area contributed by atoms with Crippen LogP contribution in [0.5, 0.6) is 0 Å². The quantitative estimate of drug-likeness (QED) is 0.542. The number of rotatable bonds is 5. The molecule has 9 heteroatoms. The van der Waals surface area contributed by atoms with E-state index in [2.05, 4.69) is 4.98 Å². The lowest BCUT2D eigenvalue weighted by atomic mass is 9.77. The molecular weight excluding hydrogens is 477 g/mol. The van der Waals surface area contributed by atoms with Gasteiger partial charge in [-0.1, -0.05) is 25.0 Å². The first kappa shape index (κ1) is 25.7. The van der Waals surface area contributed by atoms with Crippen molar-refractivity contribution in [1.29, 1.82) is 0 Å². The number of hydrogen-bond acceptors (Lipinski definition) is 4. The molecule has 0 unspecified atom stereocenters. The molecule has 0 bridgehead atoms. The maximum absolute atomic E-state index is 13.7. The number of pyridine rings is 1. The van der Waals surface area contributed by atoms with Gasteiger partial charge >= 0.3 is 6.18 Å². The Kier molecular flexibility index (Phi) is 6.76. The van der Waals surface area contributed by atoms with Gasteiger partial charge in [-0.3, -0.25) is 9.78 Å². The van der Waals surface area contributed by atoms with Crippen molar-refractivity contribution in [2.75, 3.05) is 13.1 Å². The van der Waals surface area contributed by atoms with E-state index in [9.17, 15) is 26.4 Å². The molecule has 1 aliphatic heterocycles. The van der Waals surface area contributed by atoms with Crippen LogP contribution in [0.2, 0.25) is 0 Å². The van der Waals surface area contributed by atoms with Gasteiger partial charge in [0.25, 0.3) is 0 Å². The largest absolute Gasteiger partial charge is 0.416 e. The van der Waals surface area contributed by atoms with E-state index >= 15 is 0 Å². The number of likely N-dealkylation sites (tertiary alicyclic amines) is 1. The van der Waals surface area contributed by atoms with Crippen molar-refractivity contribution in [2.45, 2.75) is 73.6 Å². The average Bonchev–Trinajstić information content (AvgIpc) is 3.35. The summed E-state index contributed by atoms with van der Waals surface area (Å²) in [6.45, 7) is 4.01. The zero-order valence-corrected chi connectivity index (χ0v) is 20.8. The van der Waals surface area contributed by atoms with Crippen LogP contribution >= 0.6 is 0 Å². The summed E-state index contributed by atoms with van der Waals surface area (Å²) in [6.07, 6.45) is 3.26. The molecule has 1 amide bonds. The Morgan fingerprint density at radius 1 is 1.06 bits per heavy atom. The van der Waals surface area contributed by atoms with Gasteiger partial charge in [-0.15, -0.1) is 0 Å². The lowest BCUT2D eigenvalue weighted by Gasteiger charge is -2.43. The molecule has 1 saturated carbocycles. The number of benzene rings is 1.